The summed E-state index contributed by atoms with van der Waals surface area (Å²) in [6.45, 7) is 3.69. The largest absolute Gasteiger partial charge is 0.339 e. The SMILES string of the molecule is Cc1ccc(-c2noc(CCC(=O)N(C)C(C)c3cccs3)n2)cc1F. The quantitative estimate of drug-likeness (QED) is 0.643. The van der Waals surface area contributed by atoms with Crippen molar-refractivity contribution in [3.8, 4) is 11.4 Å². The van der Waals surface area contributed by atoms with Gasteiger partial charge in [0.05, 0.1) is 6.04 Å². The predicted molar refractivity (Wildman–Crippen MR) is 98.3 cm³/mol. The van der Waals surface area contributed by atoms with Crippen molar-refractivity contribution in [2.45, 2.75) is 32.7 Å². The summed E-state index contributed by atoms with van der Waals surface area (Å²) in [5.41, 5.74) is 1.11. The molecule has 3 aromatic rings. The molecule has 0 N–H and O–H groups in total. The highest BCUT2D eigenvalue weighted by atomic mass is 32.1. The van der Waals surface area contributed by atoms with Gasteiger partial charge >= 0.3 is 0 Å². The number of nitrogens with zero attached hydrogens (tertiary/aromatic N) is 3. The molecule has 5 nitrogen and oxygen atoms in total. The molecule has 0 saturated carbocycles. The number of hydrogen-bond donors (Lipinski definition) is 0. The maximum atomic E-state index is 13.7. The Balaban J connectivity index is 1.60. The minimum atomic E-state index is -0.312. The normalized spacial score (nSPS) is 12.2. The number of benzene rings is 1. The van der Waals surface area contributed by atoms with E-state index in [9.17, 15) is 9.18 Å². The molecule has 0 spiro atoms. The van der Waals surface area contributed by atoms with E-state index in [1.54, 1.807) is 42.3 Å². The fraction of sp³-hybridized carbons (Fsp3) is 0.316. The third-order valence-corrected chi connectivity index (χ3v) is 5.42. The second kappa shape index (κ2) is 7.78. The van der Waals surface area contributed by atoms with Crippen LogP contribution in [-0.4, -0.2) is 28.0 Å². The minimum Gasteiger partial charge on any atom is -0.339 e. The number of rotatable bonds is 6. The molecule has 0 radical (unpaired) electrons. The summed E-state index contributed by atoms with van der Waals surface area (Å²) in [7, 11) is 1.79. The first-order valence-corrected chi connectivity index (χ1v) is 9.22. The highest BCUT2D eigenvalue weighted by Crippen LogP contribution is 2.24. The lowest BCUT2D eigenvalue weighted by Gasteiger charge is -2.23. The van der Waals surface area contributed by atoms with E-state index in [4.69, 9.17) is 4.52 Å². The molecule has 2 aromatic heterocycles. The standard InChI is InChI=1S/C19H20FN3O2S/c1-12-6-7-14(11-15(12)20)19-21-17(25-22-19)8-9-18(24)23(3)13(2)16-5-4-10-26-16/h4-7,10-11,13H,8-9H2,1-3H3. The fourth-order valence-electron chi connectivity index (χ4n) is 2.53. The number of thiophene rings is 1. The highest BCUT2D eigenvalue weighted by molar-refractivity contribution is 7.10. The van der Waals surface area contributed by atoms with Crippen molar-refractivity contribution in [3.63, 3.8) is 0 Å². The van der Waals surface area contributed by atoms with Crippen molar-refractivity contribution < 1.29 is 13.7 Å². The number of carbonyl (C=O) groups excluding carboxylic acids is 1. The van der Waals surface area contributed by atoms with Crippen LogP contribution in [0.2, 0.25) is 0 Å². The number of aromatic nitrogens is 2. The first-order chi connectivity index (χ1) is 12.5. The van der Waals surface area contributed by atoms with E-state index in [1.165, 1.54) is 6.07 Å². The minimum absolute atomic E-state index is 0.00651. The summed E-state index contributed by atoms with van der Waals surface area (Å²) in [5, 5.41) is 5.88. The fourth-order valence-corrected chi connectivity index (χ4v) is 3.36. The number of carbonyl (C=O) groups is 1. The van der Waals surface area contributed by atoms with Gasteiger partial charge in [0.1, 0.15) is 5.82 Å². The van der Waals surface area contributed by atoms with Gasteiger partial charge in [0.2, 0.25) is 17.6 Å². The van der Waals surface area contributed by atoms with Crippen LogP contribution in [0.3, 0.4) is 0 Å². The van der Waals surface area contributed by atoms with Gasteiger partial charge in [-0.2, -0.15) is 4.98 Å². The van der Waals surface area contributed by atoms with Crippen LogP contribution in [0, 0.1) is 12.7 Å². The van der Waals surface area contributed by atoms with E-state index in [0.717, 1.165) is 4.88 Å². The number of aryl methyl sites for hydroxylation is 2. The third-order valence-electron chi connectivity index (χ3n) is 4.38. The first kappa shape index (κ1) is 18.3. The summed E-state index contributed by atoms with van der Waals surface area (Å²) in [6, 6.07) is 8.81. The Morgan fingerprint density at radius 1 is 1.38 bits per heavy atom. The summed E-state index contributed by atoms with van der Waals surface area (Å²) < 4.78 is 18.9. The average molecular weight is 373 g/mol. The van der Waals surface area contributed by atoms with Crippen molar-refractivity contribution in [2.24, 2.45) is 0 Å². The summed E-state index contributed by atoms with van der Waals surface area (Å²) >= 11 is 1.63. The molecule has 26 heavy (non-hydrogen) atoms. The van der Waals surface area contributed by atoms with Gasteiger partial charge in [-0.05, 0) is 36.9 Å². The van der Waals surface area contributed by atoms with Crippen LogP contribution in [0.15, 0.2) is 40.2 Å². The highest BCUT2D eigenvalue weighted by Gasteiger charge is 2.19. The first-order valence-electron chi connectivity index (χ1n) is 8.34. The smallest absolute Gasteiger partial charge is 0.227 e. The molecule has 1 unspecified atom stereocenters. The van der Waals surface area contributed by atoms with Crippen molar-refractivity contribution in [3.05, 3.63) is 57.9 Å². The van der Waals surface area contributed by atoms with E-state index in [-0.39, 0.29) is 24.2 Å². The topological polar surface area (TPSA) is 59.2 Å². The molecular formula is C19H20FN3O2S. The summed E-state index contributed by atoms with van der Waals surface area (Å²) in [6.07, 6.45) is 0.623. The lowest BCUT2D eigenvalue weighted by molar-refractivity contribution is -0.131. The Bertz CT molecular complexity index is 892. The van der Waals surface area contributed by atoms with Crippen LogP contribution in [0.1, 0.15) is 35.7 Å². The van der Waals surface area contributed by atoms with Crippen LogP contribution >= 0.6 is 11.3 Å². The van der Waals surface area contributed by atoms with Crippen molar-refractivity contribution >= 4 is 17.2 Å². The lowest BCUT2D eigenvalue weighted by Crippen LogP contribution is -2.29. The number of amides is 1. The Labute approximate surface area is 155 Å². The van der Waals surface area contributed by atoms with E-state index in [2.05, 4.69) is 10.1 Å². The zero-order valence-electron chi connectivity index (χ0n) is 14.9. The van der Waals surface area contributed by atoms with E-state index < -0.39 is 0 Å². The molecule has 3 rings (SSSR count). The molecule has 0 fully saturated rings. The Hall–Kier alpha value is -2.54. The van der Waals surface area contributed by atoms with Gasteiger partial charge in [-0.15, -0.1) is 11.3 Å². The Kier molecular flexibility index (Phi) is 5.46. The monoisotopic (exact) mass is 373 g/mol. The van der Waals surface area contributed by atoms with E-state index in [0.29, 0.717) is 29.3 Å². The van der Waals surface area contributed by atoms with Gasteiger partial charge in [-0.25, -0.2) is 4.39 Å². The summed E-state index contributed by atoms with van der Waals surface area (Å²) in [5.74, 6) is 0.387. The molecule has 1 aromatic carbocycles. The van der Waals surface area contributed by atoms with E-state index >= 15 is 0 Å². The zero-order valence-corrected chi connectivity index (χ0v) is 15.7. The second-order valence-corrected chi connectivity index (χ2v) is 7.15. The van der Waals surface area contributed by atoms with Crippen LogP contribution in [0.25, 0.3) is 11.4 Å². The second-order valence-electron chi connectivity index (χ2n) is 6.17. The Morgan fingerprint density at radius 2 is 2.19 bits per heavy atom. The molecule has 0 aliphatic heterocycles. The van der Waals surface area contributed by atoms with Crippen LogP contribution < -0.4 is 0 Å². The molecule has 0 aliphatic rings. The maximum Gasteiger partial charge on any atom is 0.227 e. The molecule has 0 aliphatic carbocycles. The number of hydrogen-bond acceptors (Lipinski definition) is 5. The third kappa shape index (κ3) is 3.99. The van der Waals surface area contributed by atoms with Gasteiger partial charge in [-0.3, -0.25) is 4.79 Å². The average Bonchev–Trinajstić information content (AvgIpc) is 3.32. The number of halogens is 1. The van der Waals surface area contributed by atoms with Gasteiger partial charge in [0, 0.05) is 30.3 Å². The van der Waals surface area contributed by atoms with Crippen molar-refractivity contribution in [2.75, 3.05) is 7.05 Å². The predicted octanol–water partition coefficient (Wildman–Crippen LogP) is 4.40. The summed E-state index contributed by atoms with van der Waals surface area (Å²) in [4.78, 5) is 19.5. The zero-order chi connectivity index (χ0) is 18.7. The molecule has 0 bridgehead atoms. The molecule has 0 saturated heterocycles. The van der Waals surface area contributed by atoms with Crippen molar-refractivity contribution in [1.29, 1.82) is 0 Å². The van der Waals surface area contributed by atoms with Crippen molar-refractivity contribution in [1.82, 2.24) is 15.0 Å². The van der Waals surface area contributed by atoms with Crippen LogP contribution in [0.5, 0.6) is 0 Å². The van der Waals surface area contributed by atoms with E-state index in [1.807, 2.05) is 24.4 Å². The molecule has 136 valence electrons. The Morgan fingerprint density at radius 3 is 2.88 bits per heavy atom. The van der Waals surface area contributed by atoms with Crippen LogP contribution in [0.4, 0.5) is 4.39 Å². The molecule has 2 heterocycles. The maximum absolute atomic E-state index is 13.7. The van der Waals surface area contributed by atoms with Gasteiger partial charge in [-0.1, -0.05) is 23.4 Å². The van der Waals surface area contributed by atoms with Crippen LogP contribution in [-0.2, 0) is 11.2 Å². The van der Waals surface area contributed by atoms with Gasteiger partial charge < -0.3 is 9.42 Å². The molecule has 1 amide bonds. The molecule has 1 atom stereocenters. The van der Waals surface area contributed by atoms with Gasteiger partial charge in [0.15, 0.2) is 0 Å². The lowest BCUT2D eigenvalue weighted by atomic mass is 10.1. The molecule has 7 heteroatoms. The molecular weight excluding hydrogens is 353 g/mol. The van der Waals surface area contributed by atoms with Gasteiger partial charge in [0.25, 0.3) is 0 Å².